The van der Waals surface area contributed by atoms with Crippen molar-refractivity contribution in [2.45, 2.75) is 13.0 Å². The molecule has 0 radical (unpaired) electrons. The number of aromatic nitrogens is 1. The monoisotopic (exact) mass is 155 g/mol. The number of hydrogen-bond acceptors (Lipinski definition) is 4. The molecule has 5 heteroatoms. The topological polar surface area (TPSA) is 95.1 Å². The zero-order chi connectivity index (χ0) is 8.27. The van der Waals surface area contributed by atoms with E-state index in [-0.39, 0.29) is 13.0 Å². The summed E-state index contributed by atoms with van der Waals surface area (Å²) in [5.41, 5.74) is 10.7. The number of hydrogen-bond donors (Lipinski definition) is 2. The van der Waals surface area contributed by atoms with Gasteiger partial charge in [0.15, 0.2) is 5.76 Å². The molecule has 1 aromatic rings. The lowest BCUT2D eigenvalue weighted by atomic mass is 10.3. The normalized spacial score (nSPS) is 9.91. The van der Waals surface area contributed by atoms with Gasteiger partial charge in [0.25, 0.3) is 0 Å². The Balaban J connectivity index is 2.65. The highest BCUT2D eigenvalue weighted by Crippen LogP contribution is 2.02. The van der Waals surface area contributed by atoms with Gasteiger partial charge in [0.2, 0.25) is 5.91 Å². The third-order valence-corrected chi connectivity index (χ3v) is 1.16. The molecule has 0 saturated carbocycles. The Kier molecular flexibility index (Phi) is 2.22. The summed E-state index contributed by atoms with van der Waals surface area (Å²) in [6, 6.07) is 1.62. The molecule has 0 aliphatic carbocycles. The third-order valence-electron chi connectivity index (χ3n) is 1.16. The number of primary amides is 1. The lowest BCUT2D eigenvalue weighted by molar-refractivity contribution is -0.117. The second kappa shape index (κ2) is 3.16. The fourth-order valence-corrected chi connectivity index (χ4v) is 0.714. The second-order valence-corrected chi connectivity index (χ2v) is 2.13. The summed E-state index contributed by atoms with van der Waals surface area (Å²) in [5.74, 6) is 0.128. The van der Waals surface area contributed by atoms with Crippen molar-refractivity contribution in [1.29, 1.82) is 0 Å². The summed E-state index contributed by atoms with van der Waals surface area (Å²) in [6.45, 7) is 0.283. The molecule has 0 atom stereocenters. The Bertz CT molecular complexity index is 256. The quantitative estimate of drug-likeness (QED) is 0.595. The van der Waals surface area contributed by atoms with E-state index in [0.29, 0.717) is 11.5 Å². The maximum atomic E-state index is 10.4. The summed E-state index contributed by atoms with van der Waals surface area (Å²) in [7, 11) is 0. The Morgan fingerprint density at radius 2 is 2.45 bits per heavy atom. The van der Waals surface area contributed by atoms with E-state index in [1.807, 2.05) is 0 Å². The van der Waals surface area contributed by atoms with Crippen LogP contribution in [0.25, 0.3) is 0 Å². The van der Waals surface area contributed by atoms with E-state index < -0.39 is 5.91 Å². The van der Waals surface area contributed by atoms with Crippen LogP contribution in [-0.2, 0) is 17.8 Å². The predicted octanol–water partition coefficient (Wildman–Crippen LogP) is -0.839. The minimum Gasteiger partial charge on any atom is -0.369 e. The van der Waals surface area contributed by atoms with Crippen molar-refractivity contribution >= 4 is 5.91 Å². The number of carbonyl (C=O) groups is 1. The van der Waals surface area contributed by atoms with Crippen LogP contribution in [0.3, 0.4) is 0 Å². The minimum atomic E-state index is -0.429. The molecule has 1 heterocycles. The molecular weight excluding hydrogens is 146 g/mol. The highest BCUT2D eigenvalue weighted by Gasteiger charge is 2.04. The summed E-state index contributed by atoms with van der Waals surface area (Å²) in [6.07, 6.45) is 0.101. The summed E-state index contributed by atoms with van der Waals surface area (Å²) >= 11 is 0. The molecule has 0 bridgehead atoms. The molecule has 60 valence electrons. The van der Waals surface area contributed by atoms with E-state index in [2.05, 4.69) is 5.16 Å². The minimum absolute atomic E-state index is 0.101. The maximum absolute atomic E-state index is 10.4. The number of rotatable bonds is 3. The lowest BCUT2D eigenvalue weighted by Crippen LogP contribution is -2.13. The first-order valence-corrected chi connectivity index (χ1v) is 3.15. The van der Waals surface area contributed by atoms with Crippen molar-refractivity contribution in [1.82, 2.24) is 5.16 Å². The van der Waals surface area contributed by atoms with E-state index in [4.69, 9.17) is 16.0 Å². The number of nitrogens with zero attached hydrogens (tertiary/aromatic N) is 1. The molecule has 0 fully saturated rings. The number of nitrogens with two attached hydrogens (primary N) is 2. The molecule has 1 amide bonds. The largest absolute Gasteiger partial charge is 0.369 e. The second-order valence-electron chi connectivity index (χ2n) is 2.13. The number of amides is 1. The molecule has 0 saturated heterocycles. The molecule has 1 aromatic heterocycles. The molecule has 4 N–H and O–H groups in total. The lowest BCUT2D eigenvalue weighted by Gasteiger charge is -1.84. The fraction of sp³-hybridized carbons (Fsp3) is 0.333. The summed E-state index contributed by atoms with van der Waals surface area (Å²) in [4.78, 5) is 10.4. The van der Waals surface area contributed by atoms with E-state index in [9.17, 15) is 4.79 Å². The van der Waals surface area contributed by atoms with Crippen molar-refractivity contribution in [2.75, 3.05) is 0 Å². The van der Waals surface area contributed by atoms with Crippen molar-refractivity contribution in [3.05, 3.63) is 17.5 Å². The van der Waals surface area contributed by atoms with Gasteiger partial charge in [-0.15, -0.1) is 0 Å². The van der Waals surface area contributed by atoms with Crippen LogP contribution in [0.5, 0.6) is 0 Å². The van der Waals surface area contributed by atoms with Crippen LogP contribution in [0.15, 0.2) is 10.6 Å². The van der Waals surface area contributed by atoms with Gasteiger partial charge in [-0.3, -0.25) is 4.79 Å². The van der Waals surface area contributed by atoms with Crippen molar-refractivity contribution < 1.29 is 9.32 Å². The zero-order valence-electron chi connectivity index (χ0n) is 5.91. The first-order valence-electron chi connectivity index (χ1n) is 3.15. The van der Waals surface area contributed by atoms with Gasteiger partial charge >= 0.3 is 0 Å². The first-order chi connectivity index (χ1) is 5.22. The highest BCUT2D eigenvalue weighted by atomic mass is 16.5. The molecule has 0 unspecified atom stereocenters. The Hall–Kier alpha value is -1.36. The van der Waals surface area contributed by atoms with Gasteiger partial charge in [0.05, 0.1) is 18.7 Å². The Morgan fingerprint density at radius 3 is 2.91 bits per heavy atom. The van der Waals surface area contributed by atoms with Gasteiger partial charge in [-0.25, -0.2) is 0 Å². The average molecular weight is 155 g/mol. The average Bonchev–Trinajstić information content (AvgIpc) is 2.34. The molecule has 0 spiro atoms. The van der Waals surface area contributed by atoms with Crippen LogP contribution in [0.4, 0.5) is 0 Å². The molecule has 5 nitrogen and oxygen atoms in total. The van der Waals surface area contributed by atoms with Crippen LogP contribution >= 0.6 is 0 Å². The predicted molar refractivity (Wildman–Crippen MR) is 37.3 cm³/mol. The molecule has 0 aliphatic heterocycles. The van der Waals surface area contributed by atoms with Crippen molar-refractivity contribution in [3.63, 3.8) is 0 Å². The first kappa shape index (κ1) is 7.74. The van der Waals surface area contributed by atoms with Crippen molar-refractivity contribution in [2.24, 2.45) is 11.5 Å². The smallest absolute Gasteiger partial charge is 0.223 e. The van der Waals surface area contributed by atoms with Gasteiger partial charge in [-0.2, -0.15) is 0 Å². The van der Waals surface area contributed by atoms with Crippen LogP contribution in [0, 0.1) is 0 Å². The standard InChI is InChI=1S/C6H9N3O2/c7-3-5-1-4(9-11-5)2-6(8)10/h1H,2-3,7H2,(H2,8,10). The Morgan fingerprint density at radius 1 is 1.73 bits per heavy atom. The SMILES string of the molecule is NCc1cc(CC(N)=O)no1. The van der Waals surface area contributed by atoms with Crippen LogP contribution in [-0.4, -0.2) is 11.1 Å². The van der Waals surface area contributed by atoms with Crippen molar-refractivity contribution in [3.8, 4) is 0 Å². The summed E-state index contributed by atoms with van der Waals surface area (Å²) < 4.78 is 4.73. The highest BCUT2D eigenvalue weighted by molar-refractivity contribution is 5.75. The van der Waals surface area contributed by atoms with Gasteiger partial charge < -0.3 is 16.0 Å². The zero-order valence-corrected chi connectivity index (χ0v) is 5.91. The molecule has 0 aliphatic rings. The van der Waals surface area contributed by atoms with Gasteiger partial charge in [-0.05, 0) is 0 Å². The molecule has 11 heavy (non-hydrogen) atoms. The van der Waals surface area contributed by atoms with Gasteiger partial charge in [-0.1, -0.05) is 5.16 Å². The van der Waals surface area contributed by atoms with Crippen LogP contribution in [0.1, 0.15) is 11.5 Å². The van der Waals surface area contributed by atoms with Crippen LogP contribution in [0.2, 0.25) is 0 Å². The molecule has 0 aromatic carbocycles. The van der Waals surface area contributed by atoms with Gasteiger partial charge in [0.1, 0.15) is 0 Å². The van der Waals surface area contributed by atoms with E-state index >= 15 is 0 Å². The maximum Gasteiger partial charge on any atom is 0.223 e. The van der Waals surface area contributed by atoms with E-state index in [1.54, 1.807) is 6.07 Å². The van der Waals surface area contributed by atoms with Crippen LogP contribution < -0.4 is 11.5 Å². The van der Waals surface area contributed by atoms with Gasteiger partial charge in [0, 0.05) is 6.07 Å². The molecule has 1 rings (SSSR count). The third kappa shape index (κ3) is 2.05. The summed E-state index contributed by atoms with van der Waals surface area (Å²) in [5, 5.41) is 3.57. The Labute approximate surface area is 63.3 Å². The van der Waals surface area contributed by atoms with E-state index in [0.717, 1.165) is 0 Å². The van der Waals surface area contributed by atoms with E-state index in [1.165, 1.54) is 0 Å². The number of carbonyl (C=O) groups excluding carboxylic acids is 1. The fourth-order valence-electron chi connectivity index (χ4n) is 0.714. The molecular formula is C6H9N3O2.